The quantitative estimate of drug-likeness (QED) is 0.780. The van der Waals surface area contributed by atoms with Crippen molar-refractivity contribution in [1.82, 2.24) is 0 Å². The van der Waals surface area contributed by atoms with Gasteiger partial charge < -0.3 is 10.1 Å². The fourth-order valence-corrected chi connectivity index (χ4v) is 2.86. The maximum atomic E-state index is 13.6. The smallest absolute Gasteiger partial charge is 0.234 e. The van der Waals surface area contributed by atoms with Gasteiger partial charge in [0.2, 0.25) is 5.91 Å². The highest BCUT2D eigenvalue weighted by molar-refractivity contribution is 7.99. The van der Waals surface area contributed by atoms with Gasteiger partial charge in [-0.3, -0.25) is 4.79 Å². The minimum Gasteiger partial charge on any atom is -0.494 e. The normalized spacial score (nSPS) is 10.4. The number of thioether (sulfide) groups is 1. The van der Waals surface area contributed by atoms with Crippen molar-refractivity contribution < 1.29 is 13.9 Å². The van der Waals surface area contributed by atoms with Crippen molar-refractivity contribution in [3.63, 3.8) is 0 Å². The van der Waals surface area contributed by atoms with Crippen molar-refractivity contribution in [1.29, 1.82) is 0 Å². The molecule has 0 atom stereocenters. The Bertz CT molecular complexity index is 664. The SMILES string of the molecule is CCOc1ccc(NC(=O)CSCc2ccc(Cl)cc2F)cc1. The molecule has 1 amide bonds. The van der Waals surface area contributed by atoms with E-state index in [9.17, 15) is 9.18 Å². The molecule has 0 aromatic heterocycles. The highest BCUT2D eigenvalue weighted by Crippen LogP contribution is 2.20. The van der Waals surface area contributed by atoms with E-state index in [0.29, 0.717) is 28.6 Å². The number of hydrogen-bond acceptors (Lipinski definition) is 3. The first kappa shape index (κ1) is 17.6. The van der Waals surface area contributed by atoms with Gasteiger partial charge in [0.25, 0.3) is 0 Å². The van der Waals surface area contributed by atoms with E-state index in [-0.39, 0.29) is 17.5 Å². The second kappa shape index (κ2) is 8.79. The highest BCUT2D eigenvalue weighted by Gasteiger charge is 2.06. The molecule has 0 bridgehead atoms. The van der Waals surface area contributed by atoms with Crippen LogP contribution in [0.4, 0.5) is 10.1 Å². The van der Waals surface area contributed by atoms with Gasteiger partial charge >= 0.3 is 0 Å². The Balaban J connectivity index is 1.78. The highest BCUT2D eigenvalue weighted by atomic mass is 35.5. The van der Waals surface area contributed by atoms with Crippen LogP contribution >= 0.6 is 23.4 Å². The summed E-state index contributed by atoms with van der Waals surface area (Å²) in [5.74, 6) is 0.943. The standard InChI is InChI=1S/C17H17ClFNO2S/c1-2-22-15-7-5-14(6-8-15)20-17(21)11-23-10-12-3-4-13(18)9-16(12)19/h3-9H,2,10-11H2,1H3,(H,20,21). The van der Waals surface area contributed by atoms with Crippen LogP contribution in [0.2, 0.25) is 5.02 Å². The summed E-state index contributed by atoms with van der Waals surface area (Å²) in [6.45, 7) is 2.51. The molecule has 0 saturated heterocycles. The molecule has 0 fully saturated rings. The number of carbonyl (C=O) groups is 1. The zero-order valence-electron chi connectivity index (χ0n) is 12.6. The molecule has 23 heavy (non-hydrogen) atoms. The van der Waals surface area contributed by atoms with Crippen LogP contribution in [-0.4, -0.2) is 18.3 Å². The molecule has 0 radical (unpaired) electrons. The van der Waals surface area contributed by atoms with Crippen molar-refractivity contribution in [2.75, 3.05) is 17.7 Å². The number of hydrogen-bond donors (Lipinski definition) is 1. The average molecular weight is 354 g/mol. The molecule has 1 N–H and O–H groups in total. The van der Waals surface area contributed by atoms with Gasteiger partial charge in [-0.1, -0.05) is 17.7 Å². The second-order valence-electron chi connectivity index (χ2n) is 4.73. The first-order valence-electron chi connectivity index (χ1n) is 7.13. The maximum absolute atomic E-state index is 13.6. The predicted octanol–water partition coefficient (Wildman–Crippen LogP) is 4.75. The van der Waals surface area contributed by atoms with Gasteiger partial charge in [-0.25, -0.2) is 4.39 Å². The van der Waals surface area contributed by atoms with Crippen LogP contribution in [0.25, 0.3) is 0 Å². The number of nitrogens with one attached hydrogen (secondary N) is 1. The number of halogens is 2. The molecule has 2 aromatic rings. The van der Waals surface area contributed by atoms with Crippen molar-refractivity contribution >= 4 is 35.0 Å². The number of amides is 1. The molecular formula is C17H17ClFNO2S. The van der Waals surface area contributed by atoms with Crippen molar-refractivity contribution in [3.8, 4) is 5.75 Å². The lowest BCUT2D eigenvalue weighted by Crippen LogP contribution is -2.14. The summed E-state index contributed by atoms with van der Waals surface area (Å²) in [7, 11) is 0. The lowest BCUT2D eigenvalue weighted by molar-refractivity contribution is -0.113. The third-order valence-corrected chi connectivity index (χ3v) is 4.17. The minimum absolute atomic E-state index is 0.131. The molecule has 2 rings (SSSR count). The van der Waals surface area contributed by atoms with Crippen LogP contribution in [0.1, 0.15) is 12.5 Å². The topological polar surface area (TPSA) is 38.3 Å². The maximum Gasteiger partial charge on any atom is 0.234 e. The Hall–Kier alpha value is -1.72. The lowest BCUT2D eigenvalue weighted by atomic mass is 10.2. The fourth-order valence-electron chi connectivity index (χ4n) is 1.89. The summed E-state index contributed by atoms with van der Waals surface area (Å²) in [5.41, 5.74) is 1.24. The summed E-state index contributed by atoms with van der Waals surface area (Å²) in [4.78, 5) is 11.9. The number of anilines is 1. The minimum atomic E-state index is -0.350. The lowest BCUT2D eigenvalue weighted by Gasteiger charge is -2.07. The van der Waals surface area contributed by atoms with Crippen LogP contribution in [0.3, 0.4) is 0 Å². The summed E-state index contributed by atoms with van der Waals surface area (Å²) >= 11 is 7.05. The third kappa shape index (κ3) is 5.77. The first-order valence-corrected chi connectivity index (χ1v) is 8.66. The fraction of sp³-hybridized carbons (Fsp3) is 0.235. The molecule has 2 aromatic carbocycles. The van der Waals surface area contributed by atoms with E-state index in [4.69, 9.17) is 16.3 Å². The molecule has 0 unspecified atom stereocenters. The summed E-state index contributed by atoms with van der Waals surface area (Å²) in [6, 6.07) is 11.7. The molecule has 6 heteroatoms. The Morgan fingerprint density at radius 3 is 2.65 bits per heavy atom. The zero-order chi connectivity index (χ0) is 16.7. The van der Waals surface area contributed by atoms with E-state index in [2.05, 4.69) is 5.32 Å². The third-order valence-electron chi connectivity index (χ3n) is 2.95. The molecular weight excluding hydrogens is 337 g/mol. The Kier molecular flexibility index (Phi) is 6.74. The van der Waals surface area contributed by atoms with Crippen LogP contribution in [0, 0.1) is 5.82 Å². The van der Waals surface area contributed by atoms with Crippen LogP contribution < -0.4 is 10.1 Å². The van der Waals surface area contributed by atoms with Crippen molar-refractivity contribution in [2.24, 2.45) is 0 Å². The molecule has 122 valence electrons. The number of ether oxygens (including phenoxy) is 1. The van der Waals surface area contributed by atoms with Gasteiger partial charge in [-0.05, 0) is 48.9 Å². The Morgan fingerprint density at radius 1 is 1.26 bits per heavy atom. The van der Waals surface area contributed by atoms with Crippen molar-refractivity contribution in [3.05, 3.63) is 58.9 Å². The number of carbonyl (C=O) groups excluding carboxylic acids is 1. The van der Waals surface area contributed by atoms with Gasteiger partial charge in [0, 0.05) is 16.5 Å². The van der Waals surface area contributed by atoms with E-state index in [1.165, 1.54) is 17.8 Å². The zero-order valence-corrected chi connectivity index (χ0v) is 14.2. The monoisotopic (exact) mass is 353 g/mol. The largest absolute Gasteiger partial charge is 0.494 e. The van der Waals surface area contributed by atoms with Crippen LogP contribution in [0.5, 0.6) is 5.75 Å². The van der Waals surface area contributed by atoms with Gasteiger partial charge in [0.15, 0.2) is 0 Å². The van der Waals surface area contributed by atoms with Gasteiger partial charge in [0.1, 0.15) is 11.6 Å². The molecule has 0 heterocycles. The molecule has 3 nitrogen and oxygen atoms in total. The van der Waals surface area contributed by atoms with E-state index >= 15 is 0 Å². The van der Waals surface area contributed by atoms with E-state index in [1.54, 1.807) is 36.4 Å². The Labute approximate surface area is 144 Å². The summed E-state index contributed by atoms with van der Waals surface area (Å²) in [6.07, 6.45) is 0. The average Bonchev–Trinajstić information content (AvgIpc) is 2.52. The van der Waals surface area contributed by atoms with Gasteiger partial charge in [0.05, 0.1) is 12.4 Å². The Morgan fingerprint density at radius 2 is 2.00 bits per heavy atom. The van der Waals surface area contributed by atoms with E-state index in [0.717, 1.165) is 5.75 Å². The van der Waals surface area contributed by atoms with Crippen molar-refractivity contribution in [2.45, 2.75) is 12.7 Å². The molecule has 0 saturated carbocycles. The van der Waals surface area contributed by atoms with Crippen LogP contribution in [0.15, 0.2) is 42.5 Å². The molecule has 0 spiro atoms. The molecule has 0 aliphatic heterocycles. The molecule has 0 aliphatic rings. The summed E-state index contributed by atoms with van der Waals surface area (Å²) < 4.78 is 18.9. The second-order valence-corrected chi connectivity index (χ2v) is 6.16. The van der Waals surface area contributed by atoms with Gasteiger partial charge in [-0.15, -0.1) is 11.8 Å². The predicted molar refractivity (Wildman–Crippen MR) is 93.8 cm³/mol. The number of rotatable bonds is 7. The van der Waals surface area contributed by atoms with Crippen LogP contribution in [-0.2, 0) is 10.5 Å². The molecule has 0 aliphatic carbocycles. The van der Waals surface area contributed by atoms with Gasteiger partial charge in [-0.2, -0.15) is 0 Å². The summed E-state index contributed by atoms with van der Waals surface area (Å²) in [5, 5.41) is 3.16. The first-order chi connectivity index (χ1) is 11.1. The van der Waals surface area contributed by atoms with E-state index in [1.807, 2.05) is 6.92 Å². The number of benzene rings is 2. The van der Waals surface area contributed by atoms with E-state index < -0.39 is 0 Å².